The Hall–Kier alpha value is -1.22. The fourth-order valence-corrected chi connectivity index (χ4v) is 1.07. The number of hydrogen-bond donors (Lipinski definition) is 1. The number of aliphatic hydroxyl groups excluding tert-OH is 1. The fourth-order valence-electron chi connectivity index (χ4n) is 1.07. The number of pyridine rings is 1. The summed E-state index contributed by atoms with van der Waals surface area (Å²) in [5.74, 6) is 0.132. The van der Waals surface area contributed by atoms with E-state index in [0.717, 1.165) is 5.69 Å². The van der Waals surface area contributed by atoms with E-state index in [4.69, 9.17) is 5.11 Å². The Bertz CT molecular complexity index is 259. The molecule has 0 atom stereocenters. The van der Waals surface area contributed by atoms with Crippen molar-refractivity contribution in [2.75, 3.05) is 6.61 Å². The van der Waals surface area contributed by atoms with E-state index in [2.05, 4.69) is 4.98 Å². The number of ketones is 1. The summed E-state index contributed by atoms with van der Waals surface area (Å²) in [6.07, 6.45) is 3.04. The second kappa shape index (κ2) is 5.43. The molecule has 1 rings (SSSR count). The van der Waals surface area contributed by atoms with Crippen LogP contribution in [0.5, 0.6) is 0 Å². The first kappa shape index (κ1) is 9.86. The standard InChI is InChI=1S/C10H13NO2/c12-7-3-5-10(13)8-9-4-1-2-6-11-9/h1-2,4,6,12H,3,5,7-8H2. The molecule has 0 fully saturated rings. The Kier molecular flexibility index (Phi) is 4.12. The van der Waals surface area contributed by atoms with E-state index in [1.54, 1.807) is 6.20 Å². The van der Waals surface area contributed by atoms with Crippen molar-refractivity contribution in [2.45, 2.75) is 19.3 Å². The van der Waals surface area contributed by atoms with Crippen LogP contribution in [0.25, 0.3) is 0 Å². The average molecular weight is 179 g/mol. The first-order valence-electron chi connectivity index (χ1n) is 4.35. The normalized spacial score (nSPS) is 9.92. The molecule has 0 saturated carbocycles. The van der Waals surface area contributed by atoms with Gasteiger partial charge in [-0.2, -0.15) is 0 Å². The smallest absolute Gasteiger partial charge is 0.138 e. The van der Waals surface area contributed by atoms with Crippen molar-refractivity contribution in [3.63, 3.8) is 0 Å². The van der Waals surface area contributed by atoms with Gasteiger partial charge in [0.05, 0.1) is 0 Å². The molecule has 0 spiro atoms. The molecule has 1 aromatic rings. The number of aromatic nitrogens is 1. The molecule has 0 aliphatic rings. The topological polar surface area (TPSA) is 50.2 Å². The molecule has 0 unspecified atom stereocenters. The van der Waals surface area contributed by atoms with Crippen LogP contribution in [0.4, 0.5) is 0 Å². The molecule has 3 nitrogen and oxygen atoms in total. The third-order valence-electron chi connectivity index (χ3n) is 1.72. The first-order valence-corrected chi connectivity index (χ1v) is 4.35. The minimum Gasteiger partial charge on any atom is -0.396 e. The van der Waals surface area contributed by atoms with Crippen LogP contribution in [0, 0.1) is 0 Å². The second-order valence-corrected chi connectivity index (χ2v) is 2.86. The first-order chi connectivity index (χ1) is 6.33. The van der Waals surface area contributed by atoms with Crippen molar-refractivity contribution in [1.29, 1.82) is 0 Å². The van der Waals surface area contributed by atoms with Gasteiger partial charge in [-0.15, -0.1) is 0 Å². The quantitative estimate of drug-likeness (QED) is 0.732. The number of hydrogen-bond acceptors (Lipinski definition) is 3. The lowest BCUT2D eigenvalue weighted by Gasteiger charge is -1.98. The highest BCUT2D eigenvalue weighted by Gasteiger charge is 2.02. The minimum absolute atomic E-state index is 0.0773. The molecule has 0 amide bonds. The van der Waals surface area contributed by atoms with Crippen LogP contribution < -0.4 is 0 Å². The lowest BCUT2D eigenvalue weighted by molar-refractivity contribution is -0.118. The fraction of sp³-hybridized carbons (Fsp3) is 0.400. The van der Waals surface area contributed by atoms with Crippen LogP contribution in [-0.4, -0.2) is 22.5 Å². The zero-order valence-corrected chi connectivity index (χ0v) is 7.44. The summed E-state index contributed by atoms with van der Waals surface area (Å²) in [6.45, 7) is 0.0773. The highest BCUT2D eigenvalue weighted by atomic mass is 16.3. The molecule has 1 heterocycles. The number of nitrogens with zero attached hydrogens (tertiary/aromatic N) is 1. The maximum Gasteiger partial charge on any atom is 0.138 e. The lowest BCUT2D eigenvalue weighted by atomic mass is 10.1. The molecule has 13 heavy (non-hydrogen) atoms. The molecule has 3 heteroatoms. The van der Waals surface area contributed by atoms with Gasteiger partial charge in [0, 0.05) is 31.3 Å². The predicted molar refractivity (Wildman–Crippen MR) is 49.3 cm³/mol. The molecule has 0 aromatic carbocycles. The molecule has 1 N–H and O–H groups in total. The van der Waals surface area contributed by atoms with Gasteiger partial charge in [0.2, 0.25) is 0 Å². The van der Waals surface area contributed by atoms with Crippen molar-refractivity contribution in [2.24, 2.45) is 0 Å². The third-order valence-corrected chi connectivity index (χ3v) is 1.72. The van der Waals surface area contributed by atoms with Crippen molar-refractivity contribution in [3.05, 3.63) is 30.1 Å². The van der Waals surface area contributed by atoms with Crippen LogP contribution >= 0.6 is 0 Å². The summed E-state index contributed by atoms with van der Waals surface area (Å²) in [5.41, 5.74) is 0.797. The Morgan fingerprint density at radius 3 is 2.92 bits per heavy atom. The number of rotatable bonds is 5. The molecule has 0 radical (unpaired) electrons. The van der Waals surface area contributed by atoms with Gasteiger partial charge in [0.15, 0.2) is 0 Å². The van der Waals surface area contributed by atoms with E-state index < -0.39 is 0 Å². The third kappa shape index (κ3) is 3.80. The molecular weight excluding hydrogens is 166 g/mol. The summed E-state index contributed by atoms with van der Waals surface area (Å²) in [4.78, 5) is 15.3. The Balaban J connectivity index is 2.37. The lowest BCUT2D eigenvalue weighted by Crippen LogP contribution is -2.04. The average Bonchev–Trinajstić information content (AvgIpc) is 2.16. The van der Waals surface area contributed by atoms with Gasteiger partial charge >= 0.3 is 0 Å². The van der Waals surface area contributed by atoms with Crippen molar-refractivity contribution in [1.82, 2.24) is 4.98 Å². The Morgan fingerprint density at radius 2 is 2.31 bits per heavy atom. The summed E-state index contributed by atoms with van der Waals surface area (Å²) in [7, 11) is 0. The van der Waals surface area contributed by atoms with E-state index in [1.165, 1.54) is 0 Å². The molecule has 0 aliphatic heterocycles. The largest absolute Gasteiger partial charge is 0.396 e. The van der Waals surface area contributed by atoms with Gasteiger partial charge in [-0.1, -0.05) is 6.07 Å². The van der Waals surface area contributed by atoms with E-state index in [-0.39, 0.29) is 12.4 Å². The summed E-state index contributed by atoms with van der Waals surface area (Å²) in [6, 6.07) is 5.51. The van der Waals surface area contributed by atoms with Crippen LogP contribution in [0.2, 0.25) is 0 Å². The minimum atomic E-state index is 0.0773. The van der Waals surface area contributed by atoms with Gasteiger partial charge in [-0.3, -0.25) is 9.78 Å². The number of carbonyl (C=O) groups is 1. The van der Waals surface area contributed by atoms with Crippen LogP contribution in [-0.2, 0) is 11.2 Å². The molecular formula is C10H13NO2. The highest BCUT2D eigenvalue weighted by molar-refractivity contribution is 5.80. The summed E-state index contributed by atoms with van der Waals surface area (Å²) >= 11 is 0. The molecule has 70 valence electrons. The van der Waals surface area contributed by atoms with Gasteiger partial charge in [0.1, 0.15) is 5.78 Å². The predicted octanol–water partition coefficient (Wildman–Crippen LogP) is 0.966. The number of Topliss-reactive ketones (excluding diaryl/α,β-unsaturated/α-hetero) is 1. The highest BCUT2D eigenvalue weighted by Crippen LogP contribution is 1.99. The Labute approximate surface area is 77.4 Å². The van der Waals surface area contributed by atoms with Gasteiger partial charge < -0.3 is 5.11 Å². The molecule has 0 saturated heterocycles. The molecule has 1 aromatic heterocycles. The SMILES string of the molecule is O=C(CCCO)Cc1ccccn1. The number of aliphatic hydroxyl groups is 1. The van der Waals surface area contributed by atoms with Gasteiger partial charge in [0.25, 0.3) is 0 Å². The maximum absolute atomic E-state index is 11.2. The summed E-state index contributed by atoms with van der Waals surface area (Å²) in [5, 5.41) is 8.51. The van der Waals surface area contributed by atoms with Crippen LogP contribution in [0.15, 0.2) is 24.4 Å². The monoisotopic (exact) mass is 179 g/mol. The second-order valence-electron chi connectivity index (χ2n) is 2.86. The number of carbonyl (C=O) groups excluding carboxylic acids is 1. The molecule has 0 aliphatic carbocycles. The van der Waals surface area contributed by atoms with E-state index in [9.17, 15) is 4.79 Å². The summed E-state index contributed by atoms with van der Waals surface area (Å²) < 4.78 is 0. The van der Waals surface area contributed by atoms with Gasteiger partial charge in [-0.05, 0) is 18.6 Å². The van der Waals surface area contributed by atoms with Gasteiger partial charge in [-0.25, -0.2) is 0 Å². The van der Waals surface area contributed by atoms with Crippen LogP contribution in [0.3, 0.4) is 0 Å². The van der Waals surface area contributed by atoms with Crippen molar-refractivity contribution in [3.8, 4) is 0 Å². The van der Waals surface area contributed by atoms with E-state index in [1.807, 2.05) is 18.2 Å². The van der Waals surface area contributed by atoms with E-state index >= 15 is 0 Å². The molecule has 0 bridgehead atoms. The van der Waals surface area contributed by atoms with Crippen LogP contribution in [0.1, 0.15) is 18.5 Å². The zero-order chi connectivity index (χ0) is 9.52. The van der Waals surface area contributed by atoms with Crippen molar-refractivity contribution >= 4 is 5.78 Å². The van der Waals surface area contributed by atoms with E-state index in [0.29, 0.717) is 19.3 Å². The zero-order valence-electron chi connectivity index (χ0n) is 7.44. The van der Waals surface area contributed by atoms with Crippen molar-refractivity contribution < 1.29 is 9.90 Å². The maximum atomic E-state index is 11.2. The Morgan fingerprint density at radius 1 is 1.46 bits per heavy atom.